The van der Waals surface area contributed by atoms with Crippen molar-refractivity contribution in [2.75, 3.05) is 7.11 Å². The van der Waals surface area contributed by atoms with Crippen LogP contribution in [0.3, 0.4) is 0 Å². The van der Waals surface area contributed by atoms with Crippen LogP contribution in [0.15, 0.2) is 48.5 Å². The molecule has 1 heterocycles. The number of carbonyl (C=O) groups is 2. The van der Waals surface area contributed by atoms with Gasteiger partial charge >= 0.3 is 0 Å². The molecule has 0 saturated carbocycles. The zero-order valence-electron chi connectivity index (χ0n) is 15.9. The molecular weight excluding hydrogens is 342 g/mol. The lowest BCUT2D eigenvalue weighted by molar-refractivity contribution is -0.119. The van der Waals surface area contributed by atoms with Crippen LogP contribution in [-0.2, 0) is 4.79 Å². The fourth-order valence-electron chi connectivity index (χ4n) is 3.13. The molecule has 0 saturated heterocycles. The zero-order valence-corrected chi connectivity index (χ0v) is 15.9. The summed E-state index contributed by atoms with van der Waals surface area (Å²) in [6.45, 7) is 5.26. The number of aromatic nitrogens is 2. The number of rotatable bonds is 6. The van der Waals surface area contributed by atoms with Crippen molar-refractivity contribution in [3.63, 3.8) is 0 Å². The molecule has 0 bridgehead atoms. The Balaban J connectivity index is 1.98. The lowest BCUT2D eigenvalue weighted by Gasteiger charge is -2.20. The first-order chi connectivity index (χ1) is 12.9. The van der Waals surface area contributed by atoms with Gasteiger partial charge in [-0.05, 0) is 45.0 Å². The van der Waals surface area contributed by atoms with Gasteiger partial charge < -0.3 is 14.6 Å². The van der Waals surface area contributed by atoms with Gasteiger partial charge in [-0.3, -0.25) is 9.59 Å². The molecule has 0 spiro atoms. The molecule has 1 aromatic heterocycles. The minimum absolute atomic E-state index is 0.0302. The lowest BCUT2D eigenvalue weighted by Crippen LogP contribution is -2.30. The minimum atomic E-state index is -0.392. The Hall–Kier alpha value is -3.15. The first-order valence-corrected chi connectivity index (χ1v) is 8.85. The predicted molar refractivity (Wildman–Crippen MR) is 104 cm³/mol. The van der Waals surface area contributed by atoms with Crippen LogP contribution < -0.4 is 10.1 Å². The van der Waals surface area contributed by atoms with Crippen molar-refractivity contribution in [1.29, 1.82) is 0 Å². The molecule has 6 heteroatoms. The number of ether oxygens (including phenoxy) is 1. The van der Waals surface area contributed by atoms with Crippen molar-refractivity contribution in [2.45, 2.75) is 32.9 Å². The van der Waals surface area contributed by atoms with E-state index in [0.717, 1.165) is 11.0 Å². The van der Waals surface area contributed by atoms with Crippen molar-refractivity contribution in [2.24, 2.45) is 0 Å². The Kier molecular flexibility index (Phi) is 5.26. The Morgan fingerprint density at radius 3 is 2.44 bits per heavy atom. The number of imidazole rings is 1. The molecule has 1 amide bonds. The number of Topliss-reactive ketones (excluding diaryl/α,β-unsaturated/α-hetero) is 1. The molecule has 0 radical (unpaired) electrons. The maximum absolute atomic E-state index is 12.7. The van der Waals surface area contributed by atoms with Gasteiger partial charge in [-0.2, -0.15) is 0 Å². The Morgan fingerprint density at radius 2 is 1.74 bits per heavy atom. The first kappa shape index (κ1) is 18.6. The lowest BCUT2D eigenvalue weighted by atomic mass is 10.1. The van der Waals surface area contributed by atoms with Crippen molar-refractivity contribution >= 4 is 22.7 Å². The SMILES string of the molecule is COc1ccccc1C(=O)NC(C)c1nc2ccccc2n1C(C)C(C)=O. The normalized spacial score (nSPS) is 13.2. The summed E-state index contributed by atoms with van der Waals surface area (Å²) >= 11 is 0. The Bertz CT molecular complexity index is 993. The maximum atomic E-state index is 12.7. The third kappa shape index (κ3) is 3.56. The van der Waals surface area contributed by atoms with E-state index >= 15 is 0 Å². The fourth-order valence-corrected chi connectivity index (χ4v) is 3.13. The topological polar surface area (TPSA) is 73.2 Å². The van der Waals surface area contributed by atoms with E-state index in [0.29, 0.717) is 17.1 Å². The summed E-state index contributed by atoms with van der Waals surface area (Å²) in [6.07, 6.45) is 0. The smallest absolute Gasteiger partial charge is 0.255 e. The fraction of sp³-hybridized carbons (Fsp3) is 0.286. The van der Waals surface area contributed by atoms with Gasteiger partial charge in [0.05, 0.1) is 35.8 Å². The summed E-state index contributed by atoms with van der Waals surface area (Å²) in [4.78, 5) is 29.4. The van der Waals surface area contributed by atoms with Crippen LogP contribution in [0.5, 0.6) is 5.75 Å². The molecule has 0 fully saturated rings. The highest BCUT2D eigenvalue weighted by atomic mass is 16.5. The largest absolute Gasteiger partial charge is 0.496 e. The van der Waals surface area contributed by atoms with Gasteiger partial charge in [0.15, 0.2) is 5.78 Å². The van der Waals surface area contributed by atoms with Crippen LogP contribution in [0.4, 0.5) is 0 Å². The molecule has 3 aromatic rings. The first-order valence-electron chi connectivity index (χ1n) is 8.85. The summed E-state index contributed by atoms with van der Waals surface area (Å²) in [5.74, 6) is 0.923. The summed E-state index contributed by atoms with van der Waals surface area (Å²) in [5, 5.41) is 2.97. The van der Waals surface area contributed by atoms with Crippen molar-refractivity contribution in [3.05, 3.63) is 59.9 Å². The van der Waals surface area contributed by atoms with Crippen LogP contribution in [0.1, 0.15) is 49.0 Å². The van der Waals surface area contributed by atoms with Crippen LogP contribution in [0.25, 0.3) is 11.0 Å². The molecule has 140 valence electrons. The van der Waals surface area contributed by atoms with E-state index in [-0.39, 0.29) is 17.7 Å². The van der Waals surface area contributed by atoms with Gasteiger partial charge in [-0.25, -0.2) is 4.98 Å². The van der Waals surface area contributed by atoms with Gasteiger partial charge in [-0.15, -0.1) is 0 Å². The van der Waals surface area contributed by atoms with Crippen LogP contribution >= 0.6 is 0 Å². The second kappa shape index (κ2) is 7.61. The number of nitrogens with one attached hydrogen (secondary N) is 1. The summed E-state index contributed by atoms with van der Waals surface area (Å²) in [5.41, 5.74) is 2.11. The third-order valence-corrected chi connectivity index (χ3v) is 4.69. The standard InChI is InChI=1S/C21H23N3O3/c1-13(22-21(26)16-9-5-8-12-19(16)27-4)20-23-17-10-6-7-11-18(17)24(20)14(2)15(3)25/h5-14H,1-4H3,(H,22,26). The number of nitrogens with zero attached hydrogens (tertiary/aromatic N) is 2. The summed E-state index contributed by atoms with van der Waals surface area (Å²) in [7, 11) is 1.53. The molecule has 2 unspecified atom stereocenters. The number of para-hydroxylation sites is 3. The molecule has 6 nitrogen and oxygen atoms in total. The molecule has 0 aliphatic carbocycles. The summed E-state index contributed by atoms with van der Waals surface area (Å²) in [6, 6.07) is 13.9. The van der Waals surface area contributed by atoms with E-state index in [1.165, 1.54) is 7.11 Å². The van der Waals surface area contributed by atoms with E-state index in [9.17, 15) is 9.59 Å². The molecule has 27 heavy (non-hydrogen) atoms. The molecular formula is C21H23N3O3. The highest BCUT2D eigenvalue weighted by molar-refractivity contribution is 5.97. The van der Waals surface area contributed by atoms with Gasteiger partial charge in [0.1, 0.15) is 11.6 Å². The Morgan fingerprint density at radius 1 is 1.07 bits per heavy atom. The predicted octanol–water partition coefficient (Wildman–Crippen LogP) is 3.69. The number of ketones is 1. The van der Waals surface area contributed by atoms with E-state index in [4.69, 9.17) is 4.74 Å². The van der Waals surface area contributed by atoms with Crippen LogP contribution in [-0.4, -0.2) is 28.4 Å². The van der Waals surface area contributed by atoms with Crippen molar-refractivity contribution in [3.8, 4) is 5.75 Å². The summed E-state index contributed by atoms with van der Waals surface area (Å²) < 4.78 is 7.16. The number of carbonyl (C=O) groups excluding carboxylic acids is 2. The molecule has 2 atom stereocenters. The number of fused-ring (bicyclic) bond motifs is 1. The van der Waals surface area contributed by atoms with Crippen molar-refractivity contribution < 1.29 is 14.3 Å². The minimum Gasteiger partial charge on any atom is -0.496 e. The van der Waals surface area contributed by atoms with Gasteiger partial charge in [0.2, 0.25) is 0 Å². The van der Waals surface area contributed by atoms with E-state index in [1.807, 2.05) is 48.7 Å². The van der Waals surface area contributed by atoms with Crippen LogP contribution in [0, 0.1) is 0 Å². The average molecular weight is 365 g/mol. The average Bonchev–Trinajstić information content (AvgIpc) is 3.06. The molecule has 3 rings (SSSR count). The quantitative estimate of drug-likeness (QED) is 0.723. The van der Waals surface area contributed by atoms with E-state index < -0.39 is 6.04 Å². The van der Waals surface area contributed by atoms with Gasteiger partial charge in [-0.1, -0.05) is 24.3 Å². The maximum Gasteiger partial charge on any atom is 0.255 e. The number of hydrogen-bond acceptors (Lipinski definition) is 4. The second-order valence-corrected chi connectivity index (χ2v) is 6.51. The number of amides is 1. The molecule has 0 aliphatic rings. The van der Waals surface area contributed by atoms with Gasteiger partial charge in [0.25, 0.3) is 5.91 Å². The monoisotopic (exact) mass is 365 g/mol. The Labute approximate surface area is 158 Å². The molecule has 2 aromatic carbocycles. The molecule has 0 aliphatic heterocycles. The molecule has 1 N–H and O–H groups in total. The highest BCUT2D eigenvalue weighted by Crippen LogP contribution is 2.26. The van der Waals surface area contributed by atoms with E-state index in [1.54, 1.807) is 25.1 Å². The highest BCUT2D eigenvalue weighted by Gasteiger charge is 2.24. The second-order valence-electron chi connectivity index (χ2n) is 6.51. The van der Waals surface area contributed by atoms with Crippen LogP contribution in [0.2, 0.25) is 0 Å². The van der Waals surface area contributed by atoms with E-state index in [2.05, 4.69) is 10.3 Å². The number of benzene rings is 2. The number of hydrogen-bond donors (Lipinski definition) is 1. The van der Waals surface area contributed by atoms with Gasteiger partial charge in [0, 0.05) is 0 Å². The third-order valence-electron chi connectivity index (χ3n) is 4.69. The zero-order chi connectivity index (χ0) is 19.6. The van der Waals surface area contributed by atoms with Crippen molar-refractivity contribution in [1.82, 2.24) is 14.9 Å². The number of methoxy groups -OCH3 is 1.